The first kappa shape index (κ1) is 23.7. The molecule has 2 N–H and O–H groups in total. The smallest absolute Gasteiger partial charge is 0.143 e. The quantitative estimate of drug-likeness (QED) is 0.224. The Morgan fingerprint density at radius 2 is 1.22 bits per heavy atom. The molecule has 3 nitrogen and oxygen atoms in total. The fourth-order valence-electron chi connectivity index (χ4n) is 5.68. The number of fused-ring (bicyclic) bond motifs is 4. The van der Waals surface area contributed by atoms with Crippen molar-refractivity contribution in [2.45, 2.75) is 0 Å². The highest BCUT2D eigenvalue weighted by molar-refractivity contribution is 7.21. The maximum Gasteiger partial charge on any atom is 0.143 e. The van der Waals surface area contributed by atoms with Crippen LogP contribution in [0.2, 0.25) is 0 Å². The molecule has 0 bridgehead atoms. The molecular weight excluding hydrogens is 520 g/mol. The molecule has 0 saturated carbocycles. The third kappa shape index (κ3) is 4.00. The molecule has 8 aromatic rings. The van der Waals surface area contributed by atoms with Crippen molar-refractivity contribution in [3.63, 3.8) is 0 Å². The summed E-state index contributed by atoms with van der Waals surface area (Å²) in [4.78, 5) is 5.18. The number of hydrogen-bond acceptors (Lipinski definition) is 4. The molecule has 8 rings (SSSR count). The minimum absolute atomic E-state index is 0.725. The van der Waals surface area contributed by atoms with E-state index in [9.17, 15) is 0 Å². The maximum atomic E-state index is 6.48. The van der Waals surface area contributed by atoms with E-state index in [0.29, 0.717) is 0 Å². The van der Waals surface area contributed by atoms with Crippen molar-refractivity contribution in [2.24, 2.45) is 0 Å². The molecule has 0 unspecified atom stereocenters. The molecule has 0 saturated heterocycles. The number of hydrogen-bond donors (Lipinski definition) is 1. The molecule has 0 aliphatic heterocycles. The lowest BCUT2D eigenvalue weighted by Gasteiger charge is -2.10. The Hall–Kier alpha value is -5.19. The first-order chi connectivity index (χ1) is 20.2. The van der Waals surface area contributed by atoms with Crippen LogP contribution in [0.15, 0.2) is 138 Å². The maximum absolute atomic E-state index is 6.48. The van der Waals surface area contributed by atoms with E-state index < -0.39 is 0 Å². The van der Waals surface area contributed by atoms with Crippen molar-refractivity contribution < 1.29 is 4.42 Å². The van der Waals surface area contributed by atoms with Gasteiger partial charge in [0.15, 0.2) is 0 Å². The van der Waals surface area contributed by atoms with Gasteiger partial charge in [-0.25, -0.2) is 4.98 Å². The Balaban J connectivity index is 1.40. The van der Waals surface area contributed by atoms with Crippen molar-refractivity contribution in [1.29, 1.82) is 0 Å². The van der Waals surface area contributed by atoms with Crippen LogP contribution in [0.5, 0.6) is 0 Å². The molecule has 194 valence electrons. The fourth-order valence-corrected chi connectivity index (χ4v) is 6.76. The molecule has 0 radical (unpaired) electrons. The monoisotopic (exact) mass is 544 g/mol. The fraction of sp³-hybridized carbons (Fsp3) is 0. The van der Waals surface area contributed by atoms with E-state index in [-0.39, 0.29) is 0 Å². The summed E-state index contributed by atoms with van der Waals surface area (Å²) in [5, 5.41) is 3.13. The average Bonchev–Trinajstić information content (AvgIpc) is 3.63. The van der Waals surface area contributed by atoms with Gasteiger partial charge in [-0.15, -0.1) is 11.3 Å². The molecule has 0 aliphatic carbocycles. The van der Waals surface area contributed by atoms with Crippen molar-refractivity contribution in [1.82, 2.24) is 4.98 Å². The van der Waals surface area contributed by atoms with Crippen LogP contribution in [0.25, 0.3) is 76.1 Å². The van der Waals surface area contributed by atoms with Gasteiger partial charge in [0.2, 0.25) is 0 Å². The van der Waals surface area contributed by atoms with Crippen LogP contribution >= 0.6 is 11.3 Å². The molecular formula is C37H24N2OS. The number of furan rings is 1. The second kappa shape index (κ2) is 9.47. The van der Waals surface area contributed by atoms with Crippen molar-refractivity contribution in [3.05, 3.63) is 133 Å². The van der Waals surface area contributed by atoms with Gasteiger partial charge in [0.25, 0.3) is 0 Å². The van der Waals surface area contributed by atoms with E-state index in [0.717, 1.165) is 70.7 Å². The summed E-state index contributed by atoms with van der Waals surface area (Å²) in [5.41, 5.74) is 17.5. The Labute approximate surface area is 241 Å². The van der Waals surface area contributed by atoms with Gasteiger partial charge < -0.3 is 10.2 Å². The molecule has 4 heteroatoms. The highest BCUT2D eigenvalue weighted by Gasteiger charge is 2.19. The first-order valence-electron chi connectivity index (χ1n) is 13.6. The number of nitrogens with zero attached hydrogens (tertiary/aromatic N) is 1. The van der Waals surface area contributed by atoms with Gasteiger partial charge in [0.05, 0.1) is 10.2 Å². The zero-order valence-electron chi connectivity index (χ0n) is 22.0. The minimum Gasteiger partial charge on any atom is -0.455 e. The normalized spacial score (nSPS) is 11.5. The lowest BCUT2D eigenvalue weighted by Crippen LogP contribution is -1.89. The number of anilines is 1. The number of nitrogens with two attached hydrogens (primary N) is 1. The number of thiazole rings is 1. The van der Waals surface area contributed by atoms with Gasteiger partial charge in [-0.3, -0.25) is 0 Å². The molecule has 0 spiro atoms. The number of aromatic nitrogens is 1. The predicted octanol–water partition coefficient (Wildman–Crippen LogP) is 10.4. The summed E-state index contributed by atoms with van der Waals surface area (Å²) in [7, 11) is 0. The molecule has 2 heterocycles. The largest absolute Gasteiger partial charge is 0.455 e. The van der Waals surface area contributed by atoms with Crippen LogP contribution in [-0.4, -0.2) is 4.98 Å². The molecule has 41 heavy (non-hydrogen) atoms. The number of para-hydroxylation sites is 3. The van der Waals surface area contributed by atoms with Crippen molar-refractivity contribution >= 4 is 49.2 Å². The Morgan fingerprint density at radius 3 is 2.10 bits per heavy atom. The van der Waals surface area contributed by atoms with Crippen LogP contribution in [0.1, 0.15) is 0 Å². The summed E-state index contributed by atoms with van der Waals surface area (Å²) >= 11 is 1.67. The Morgan fingerprint density at radius 1 is 0.537 bits per heavy atom. The number of nitrogen functional groups attached to an aromatic ring is 1. The highest BCUT2D eigenvalue weighted by Crippen LogP contribution is 2.43. The van der Waals surface area contributed by atoms with Gasteiger partial charge in [-0.05, 0) is 58.7 Å². The molecule has 0 aliphatic rings. The highest BCUT2D eigenvalue weighted by atomic mass is 32.1. The van der Waals surface area contributed by atoms with E-state index in [1.54, 1.807) is 11.3 Å². The van der Waals surface area contributed by atoms with Crippen LogP contribution in [-0.2, 0) is 0 Å². The summed E-state index contributed by atoms with van der Waals surface area (Å²) in [6, 6.07) is 46.3. The van der Waals surface area contributed by atoms with Crippen molar-refractivity contribution in [2.75, 3.05) is 5.73 Å². The standard InChI is InChI=1S/C37H24N2OS/c38-32-18-6-4-15-30(32)37-39-35-31(29-17-9-16-28-27-14-5-7-19-33(27)40-36(28)29)21-26(22-34(35)41-37)25-13-8-12-24(20-25)23-10-2-1-3-11-23/h1-22H,38H2. The summed E-state index contributed by atoms with van der Waals surface area (Å²) in [6.45, 7) is 0. The minimum atomic E-state index is 0.725. The van der Waals surface area contributed by atoms with Crippen LogP contribution in [0.4, 0.5) is 5.69 Å². The lowest BCUT2D eigenvalue weighted by molar-refractivity contribution is 0.670. The van der Waals surface area contributed by atoms with E-state index in [1.165, 1.54) is 11.1 Å². The third-order valence-corrected chi connectivity index (χ3v) is 8.72. The van der Waals surface area contributed by atoms with Crippen molar-refractivity contribution in [3.8, 4) is 44.0 Å². The zero-order chi connectivity index (χ0) is 27.3. The second-order valence-electron chi connectivity index (χ2n) is 10.2. The molecule has 0 amide bonds. The van der Waals surface area contributed by atoms with Gasteiger partial charge in [-0.2, -0.15) is 0 Å². The average molecular weight is 545 g/mol. The second-order valence-corrected chi connectivity index (χ2v) is 11.2. The van der Waals surface area contributed by atoms with Gasteiger partial charge in [0, 0.05) is 33.2 Å². The van der Waals surface area contributed by atoms with Gasteiger partial charge in [-0.1, -0.05) is 97.1 Å². The van der Waals surface area contributed by atoms with E-state index in [2.05, 4.69) is 91.0 Å². The van der Waals surface area contributed by atoms with Crippen LogP contribution in [0.3, 0.4) is 0 Å². The SMILES string of the molecule is Nc1ccccc1-c1nc2c(-c3cccc4c3oc3ccccc34)cc(-c3cccc(-c4ccccc4)c3)cc2s1. The number of benzene rings is 6. The molecule has 6 aromatic carbocycles. The first-order valence-corrected chi connectivity index (χ1v) is 14.4. The van der Waals surface area contributed by atoms with Gasteiger partial charge in [0.1, 0.15) is 16.2 Å². The van der Waals surface area contributed by atoms with Crippen LogP contribution in [0, 0.1) is 0 Å². The summed E-state index contributed by atoms with van der Waals surface area (Å²) in [6.07, 6.45) is 0. The molecule has 0 fully saturated rings. The van der Waals surface area contributed by atoms with E-state index in [4.69, 9.17) is 15.1 Å². The predicted molar refractivity (Wildman–Crippen MR) is 173 cm³/mol. The van der Waals surface area contributed by atoms with E-state index in [1.807, 2.05) is 42.5 Å². The Kier molecular flexibility index (Phi) is 5.47. The Bertz CT molecular complexity index is 2230. The zero-order valence-corrected chi connectivity index (χ0v) is 22.9. The third-order valence-electron chi connectivity index (χ3n) is 7.68. The lowest BCUT2D eigenvalue weighted by atomic mass is 9.95. The summed E-state index contributed by atoms with van der Waals surface area (Å²) < 4.78 is 7.58. The molecule has 0 atom stereocenters. The molecule has 2 aromatic heterocycles. The topological polar surface area (TPSA) is 52.0 Å². The van der Waals surface area contributed by atoms with Gasteiger partial charge >= 0.3 is 0 Å². The number of rotatable bonds is 4. The van der Waals surface area contributed by atoms with E-state index >= 15 is 0 Å². The van der Waals surface area contributed by atoms with Crippen LogP contribution < -0.4 is 5.73 Å². The summed E-state index contributed by atoms with van der Waals surface area (Å²) in [5.74, 6) is 0.